The molecular weight excluding hydrogens is 498 g/mol. The highest BCUT2D eigenvalue weighted by Crippen LogP contribution is 2.37. The molecule has 39 heavy (non-hydrogen) atoms. The molecule has 1 aromatic heterocycles. The number of nitrogens with zero attached hydrogens (tertiary/aromatic N) is 1. The van der Waals surface area contributed by atoms with Crippen molar-refractivity contribution in [3.8, 4) is 11.8 Å². The Morgan fingerprint density at radius 3 is 2.69 bits per heavy atom. The first-order valence-corrected chi connectivity index (χ1v) is 14.1. The molecule has 1 heterocycles. The fourth-order valence-corrected chi connectivity index (χ4v) is 5.25. The Morgan fingerprint density at radius 1 is 1.13 bits per heavy atom. The van der Waals surface area contributed by atoms with Crippen molar-refractivity contribution in [2.45, 2.75) is 63.8 Å². The third kappa shape index (κ3) is 8.38. The third-order valence-electron chi connectivity index (χ3n) is 7.63. The van der Waals surface area contributed by atoms with Gasteiger partial charge in [0.15, 0.2) is 5.78 Å². The molecule has 0 aliphatic heterocycles. The third-order valence-corrected chi connectivity index (χ3v) is 7.63. The molecule has 3 atom stereocenters. The molecule has 1 amide bonds. The lowest BCUT2D eigenvalue weighted by molar-refractivity contribution is -0.127. The van der Waals surface area contributed by atoms with Crippen LogP contribution >= 0.6 is 0 Å². The van der Waals surface area contributed by atoms with Crippen LogP contribution in [0.3, 0.4) is 0 Å². The number of aromatic nitrogens is 1. The number of methoxy groups -OCH3 is 1. The molecule has 4 rings (SSSR count). The van der Waals surface area contributed by atoms with Crippen LogP contribution in [0.15, 0.2) is 24.3 Å². The van der Waals surface area contributed by atoms with Crippen molar-refractivity contribution in [2.24, 2.45) is 17.8 Å². The molecule has 2 fully saturated rings. The molecule has 0 saturated heterocycles. The summed E-state index contributed by atoms with van der Waals surface area (Å²) < 4.78 is 16.3. The Balaban J connectivity index is 1.38. The van der Waals surface area contributed by atoms with Crippen LogP contribution in [0.5, 0.6) is 5.75 Å². The van der Waals surface area contributed by atoms with E-state index in [2.05, 4.69) is 16.4 Å². The number of fused-ring (bicyclic) bond motifs is 1. The van der Waals surface area contributed by atoms with Crippen LogP contribution in [0.1, 0.15) is 68.3 Å². The zero-order valence-corrected chi connectivity index (χ0v) is 22.7. The summed E-state index contributed by atoms with van der Waals surface area (Å²) in [6.07, 6.45) is 6.31. The van der Waals surface area contributed by atoms with E-state index in [0.29, 0.717) is 63.1 Å². The van der Waals surface area contributed by atoms with Gasteiger partial charge in [0, 0.05) is 42.7 Å². The van der Waals surface area contributed by atoms with E-state index in [-0.39, 0.29) is 29.8 Å². The average molecular weight is 538 g/mol. The van der Waals surface area contributed by atoms with Gasteiger partial charge in [-0.1, -0.05) is 25.3 Å². The predicted molar refractivity (Wildman–Crippen MR) is 145 cm³/mol. The van der Waals surface area contributed by atoms with Crippen LogP contribution in [0.2, 0.25) is 0 Å². The molecule has 2 saturated carbocycles. The van der Waals surface area contributed by atoms with Crippen LogP contribution in [-0.4, -0.2) is 62.0 Å². The standard InChI is InChI=1S/C30H39N3O6/c1-37-11-12-38-13-14-39-29-8-4-6-25-24(29)18-26(33-25)28(35)17-22(15-20-9-10-20)30(36)32-23(19-31)16-21-5-2-3-7-27(21)34/h4,6,8,18,20-23,33H,2-3,5,7,9-17H2,1H3,(H,32,36)/t21-,22+,23-/m0/s1. The topological polar surface area (TPSA) is 131 Å². The summed E-state index contributed by atoms with van der Waals surface area (Å²) in [5.74, 6) is 0.139. The maximum absolute atomic E-state index is 13.3. The number of ether oxygens (including phenoxy) is 3. The van der Waals surface area contributed by atoms with Gasteiger partial charge in [0.2, 0.25) is 5.91 Å². The number of aromatic amines is 1. The van der Waals surface area contributed by atoms with Crippen LogP contribution in [0.4, 0.5) is 0 Å². The number of hydrogen-bond acceptors (Lipinski definition) is 7. The van der Waals surface area contributed by atoms with Crippen molar-refractivity contribution < 1.29 is 28.6 Å². The van der Waals surface area contributed by atoms with Crippen LogP contribution < -0.4 is 10.1 Å². The van der Waals surface area contributed by atoms with Crippen LogP contribution in [0, 0.1) is 29.1 Å². The fraction of sp³-hybridized carbons (Fsp3) is 0.600. The highest BCUT2D eigenvalue weighted by atomic mass is 16.5. The number of rotatable bonds is 16. The van der Waals surface area contributed by atoms with Crippen molar-refractivity contribution in [3.05, 3.63) is 30.0 Å². The molecule has 2 aliphatic rings. The van der Waals surface area contributed by atoms with E-state index >= 15 is 0 Å². The Hall–Kier alpha value is -3.22. The normalized spacial score (nSPS) is 18.9. The molecule has 2 aromatic rings. The van der Waals surface area contributed by atoms with Gasteiger partial charge in [-0.25, -0.2) is 0 Å². The Kier molecular flexibility index (Phi) is 10.5. The number of carbonyl (C=O) groups is 3. The molecule has 0 bridgehead atoms. The van der Waals surface area contributed by atoms with Crippen molar-refractivity contribution in [3.63, 3.8) is 0 Å². The summed E-state index contributed by atoms with van der Waals surface area (Å²) in [4.78, 5) is 42.0. The van der Waals surface area contributed by atoms with Gasteiger partial charge in [-0.2, -0.15) is 5.26 Å². The number of nitriles is 1. The lowest BCUT2D eigenvalue weighted by atomic mass is 9.83. The van der Waals surface area contributed by atoms with Gasteiger partial charge in [-0.3, -0.25) is 14.4 Å². The Morgan fingerprint density at radius 2 is 1.95 bits per heavy atom. The Bertz CT molecular complexity index is 1180. The van der Waals surface area contributed by atoms with Gasteiger partial charge >= 0.3 is 0 Å². The van der Waals surface area contributed by atoms with Gasteiger partial charge in [-0.05, 0) is 49.8 Å². The second kappa shape index (κ2) is 14.2. The molecule has 0 unspecified atom stereocenters. The molecule has 210 valence electrons. The van der Waals surface area contributed by atoms with Crippen molar-refractivity contribution >= 4 is 28.4 Å². The number of carbonyl (C=O) groups excluding carboxylic acids is 3. The number of H-pyrrole nitrogens is 1. The summed E-state index contributed by atoms with van der Waals surface area (Å²) in [5.41, 5.74) is 1.21. The molecule has 2 aliphatic carbocycles. The highest BCUT2D eigenvalue weighted by molar-refractivity contribution is 6.02. The van der Waals surface area contributed by atoms with Gasteiger partial charge < -0.3 is 24.5 Å². The average Bonchev–Trinajstić information content (AvgIpc) is 3.64. The largest absolute Gasteiger partial charge is 0.490 e. The molecular formula is C30H39N3O6. The number of Topliss-reactive ketones (excluding diaryl/α,β-unsaturated/α-hetero) is 2. The van der Waals surface area contributed by atoms with E-state index in [4.69, 9.17) is 14.2 Å². The van der Waals surface area contributed by atoms with E-state index < -0.39 is 12.0 Å². The number of nitrogens with one attached hydrogen (secondary N) is 2. The first-order valence-electron chi connectivity index (χ1n) is 14.1. The number of benzene rings is 1. The van der Waals surface area contributed by atoms with E-state index in [0.717, 1.165) is 43.0 Å². The van der Waals surface area contributed by atoms with Crippen LogP contribution in [-0.2, 0) is 19.1 Å². The second-order valence-electron chi connectivity index (χ2n) is 10.7. The molecule has 9 heteroatoms. The summed E-state index contributed by atoms with van der Waals surface area (Å²) in [7, 11) is 1.62. The second-order valence-corrected chi connectivity index (χ2v) is 10.7. The Labute approximate surface area is 229 Å². The maximum Gasteiger partial charge on any atom is 0.224 e. The van der Waals surface area contributed by atoms with Crippen molar-refractivity contribution in [2.75, 3.05) is 33.5 Å². The minimum atomic E-state index is -0.729. The van der Waals surface area contributed by atoms with Gasteiger partial charge in [-0.15, -0.1) is 0 Å². The molecule has 0 spiro atoms. The van der Waals surface area contributed by atoms with Crippen molar-refractivity contribution in [1.29, 1.82) is 5.26 Å². The number of ketones is 2. The summed E-state index contributed by atoms with van der Waals surface area (Å²) >= 11 is 0. The lowest BCUT2D eigenvalue weighted by Crippen LogP contribution is -2.41. The highest BCUT2D eigenvalue weighted by Gasteiger charge is 2.33. The van der Waals surface area contributed by atoms with E-state index in [1.807, 2.05) is 18.2 Å². The zero-order valence-electron chi connectivity index (χ0n) is 22.7. The monoisotopic (exact) mass is 537 g/mol. The summed E-state index contributed by atoms with van der Waals surface area (Å²) in [5, 5.41) is 13.3. The van der Waals surface area contributed by atoms with Crippen LogP contribution in [0.25, 0.3) is 10.9 Å². The maximum atomic E-state index is 13.3. The quantitative estimate of drug-likeness (QED) is 0.240. The van der Waals surface area contributed by atoms with Gasteiger partial charge in [0.1, 0.15) is 24.2 Å². The molecule has 1 aromatic carbocycles. The smallest absolute Gasteiger partial charge is 0.224 e. The van der Waals surface area contributed by atoms with Crippen molar-refractivity contribution in [1.82, 2.24) is 10.3 Å². The summed E-state index contributed by atoms with van der Waals surface area (Å²) in [6.45, 7) is 1.81. The molecule has 9 nitrogen and oxygen atoms in total. The van der Waals surface area contributed by atoms with E-state index in [1.165, 1.54) is 0 Å². The predicted octanol–water partition coefficient (Wildman–Crippen LogP) is 4.36. The fourth-order valence-electron chi connectivity index (χ4n) is 5.25. The van der Waals surface area contributed by atoms with E-state index in [9.17, 15) is 19.6 Å². The van der Waals surface area contributed by atoms with Gasteiger partial charge in [0.25, 0.3) is 0 Å². The SMILES string of the molecule is COCCOCCOc1cccc2[nH]c(C(=O)C[C@@H](CC3CC3)C(=O)N[C@H](C#N)C[C@@H]3CCCCC3=O)cc12. The number of hydrogen-bond donors (Lipinski definition) is 2. The molecule has 2 N–H and O–H groups in total. The minimum absolute atomic E-state index is 0.0548. The van der Waals surface area contributed by atoms with E-state index in [1.54, 1.807) is 13.2 Å². The lowest BCUT2D eigenvalue weighted by Gasteiger charge is -2.24. The summed E-state index contributed by atoms with van der Waals surface area (Å²) in [6, 6.07) is 8.80. The zero-order chi connectivity index (χ0) is 27.6. The first-order chi connectivity index (χ1) is 19.0. The first kappa shape index (κ1) is 28.8. The van der Waals surface area contributed by atoms with Gasteiger partial charge in [0.05, 0.1) is 31.6 Å². The molecule has 0 radical (unpaired) electrons. The number of amides is 1. The minimum Gasteiger partial charge on any atom is -0.490 e.